The number of piperazine rings is 1. The van der Waals surface area contributed by atoms with Crippen LogP contribution >= 0.6 is 0 Å². The summed E-state index contributed by atoms with van der Waals surface area (Å²) in [6.07, 6.45) is -1.05. The Kier molecular flexibility index (Phi) is 17.1. The maximum absolute atomic E-state index is 15.0. The highest BCUT2D eigenvalue weighted by molar-refractivity contribution is 5.98. The minimum Gasteiger partial charge on any atom is -0.508 e. The highest BCUT2D eigenvalue weighted by Gasteiger charge is 2.39. The molecule has 4 aromatic carbocycles. The van der Waals surface area contributed by atoms with Crippen molar-refractivity contribution in [2.24, 2.45) is 10.7 Å². The fourth-order valence-electron chi connectivity index (χ4n) is 7.60. The number of rotatable bonds is 15. The second kappa shape index (κ2) is 22.4. The van der Waals surface area contributed by atoms with E-state index in [0.717, 1.165) is 21.2 Å². The van der Waals surface area contributed by atoms with Crippen LogP contribution in [0.25, 0.3) is 10.8 Å². The van der Waals surface area contributed by atoms with Crippen molar-refractivity contribution in [2.75, 3.05) is 26.2 Å². The van der Waals surface area contributed by atoms with Crippen LogP contribution in [0.4, 0.5) is 14.0 Å². The molecule has 0 radical (unpaired) electrons. The van der Waals surface area contributed by atoms with Crippen LogP contribution in [-0.2, 0) is 47.9 Å². The number of hydrogen-bond donors (Lipinski definition) is 4. The van der Waals surface area contributed by atoms with Gasteiger partial charge in [0.2, 0.25) is 29.6 Å². The van der Waals surface area contributed by atoms with Gasteiger partial charge >= 0.3 is 12.2 Å². The van der Waals surface area contributed by atoms with Crippen molar-refractivity contribution in [3.05, 3.63) is 114 Å². The maximum Gasteiger partial charge on any atom is 0.437 e. The van der Waals surface area contributed by atoms with Crippen LogP contribution in [-0.4, -0.2) is 117 Å². The van der Waals surface area contributed by atoms with Gasteiger partial charge in [0.05, 0.1) is 0 Å². The van der Waals surface area contributed by atoms with Crippen LogP contribution in [0.5, 0.6) is 5.75 Å². The number of benzene rings is 4. The van der Waals surface area contributed by atoms with Gasteiger partial charge in [-0.3, -0.25) is 19.2 Å². The quantitative estimate of drug-likeness (QED) is 0.0806. The summed E-state index contributed by atoms with van der Waals surface area (Å²) in [4.78, 5) is 89.7. The third-order valence-electron chi connectivity index (χ3n) is 10.7. The molecule has 3 unspecified atom stereocenters. The van der Waals surface area contributed by atoms with E-state index in [-0.39, 0.29) is 57.0 Å². The molecule has 5 N–H and O–H groups in total. The lowest BCUT2D eigenvalue weighted by molar-refractivity contribution is -0.151. The first-order valence-corrected chi connectivity index (χ1v) is 22.3. The molecule has 6 amide bonds. The van der Waals surface area contributed by atoms with E-state index >= 15 is 0 Å². The second-order valence-corrected chi connectivity index (χ2v) is 18.6. The van der Waals surface area contributed by atoms with Crippen molar-refractivity contribution in [1.29, 1.82) is 0 Å². The number of phenolic OH excluding ortho intramolecular Hbond substituents is 1. The molecular formula is C50H62FN7O9. The number of carbonyl (C=O) groups excluding carboxylic acids is 6. The predicted molar refractivity (Wildman–Crippen MR) is 251 cm³/mol. The van der Waals surface area contributed by atoms with Crippen molar-refractivity contribution in [1.82, 2.24) is 25.3 Å². The van der Waals surface area contributed by atoms with E-state index in [4.69, 9.17) is 15.2 Å². The zero-order valence-electron chi connectivity index (χ0n) is 39.2. The van der Waals surface area contributed by atoms with Gasteiger partial charge in [-0.15, -0.1) is 4.99 Å². The number of carbonyl (C=O) groups is 6. The molecule has 0 saturated carbocycles. The SMILES string of the molecule is CC(=O)NC(Cc1ccc(O)cc1)C(=O)NC(Cc1ccc(F)cc1)C(=O)N1CC(=O)N(CCc2ccc3ccccc3c2)CC1CCCN(C(=O)OC(C)(C)C)C(N)=NC(=O)OC(C)(C)C. The second-order valence-electron chi connectivity index (χ2n) is 18.6. The highest BCUT2D eigenvalue weighted by Crippen LogP contribution is 2.22. The standard InChI is InChI=1S/C50H62FN7O9/c1-32(59)53-41(28-34-17-22-40(60)23-18-34)44(62)54-42(29-33-15-20-38(51)21-16-33)45(63)58-31-43(61)56(26-24-35-14-19-36-11-8-9-12-37(36)27-35)30-39(58)13-10-25-57(48(65)67-50(5,6)7)46(52)55-47(64)66-49(2,3)4/h8-9,11-12,14-23,27,39,41-42,60H,10,13,24-26,28-31H2,1-7H3,(H,53,59)(H,54,62)(H2,52,55,64). The van der Waals surface area contributed by atoms with Gasteiger partial charge in [0.15, 0.2) is 0 Å². The van der Waals surface area contributed by atoms with Gasteiger partial charge in [0, 0.05) is 45.4 Å². The Labute approximate surface area is 390 Å². The highest BCUT2D eigenvalue weighted by atomic mass is 19.1. The van der Waals surface area contributed by atoms with Crippen molar-refractivity contribution >= 4 is 52.5 Å². The number of ether oxygens (including phenoxy) is 2. The lowest BCUT2D eigenvalue weighted by atomic mass is 9.99. The number of fused-ring (bicyclic) bond motifs is 1. The predicted octanol–water partition coefficient (Wildman–Crippen LogP) is 6.01. The summed E-state index contributed by atoms with van der Waals surface area (Å²) < 4.78 is 25.0. The largest absolute Gasteiger partial charge is 0.508 e. The zero-order valence-corrected chi connectivity index (χ0v) is 39.2. The molecule has 0 spiro atoms. The number of aromatic hydroxyl groups is 1. The van der Waals surface area contributed by atoms with Gasteiger partial charge in [-0.25, -0.2) is 18.9 Å². The average Bonchev–Trinajstić information content (AvgIpc) is 3.24. The van der Waals surface area contributed by atoms with Crippen molar-refractivity contribution in [3.8, 4) is 5.75 Å². The summed E-state index contributed by atoms with van der Waals surface area (Å²) in [6.45, 7) is 11.2. The Bertz CT molecular complexity index is 2430. The molecule has 3 atom stereocenters. The first kappa shape index (κ1) is 51.0. The lowest BCUT2D eigenvalue weighted by Gasteiger charge is -2.43. The van der Waals surface area contributed by atoms with Crippen molar-refractivity contribution in [3.63, 3.8) is 0 Å². The van der Waals surface area contributed by atoms with Crippen molar-refractivity contribution in [2.45, 2.75) is 110 Å². The number of nitrogens with two attached hydrogens (primary N) is 1. The van der Waals surface area contributed by atoms with Crippen LogP contribution in [0.2, 0.25) is 0 Å². The number of halogens is 1. The van der Waals surface area contributed by atoms with Gasteiger partial charge in [0.1, 0.15) is 41.4 Å². The van der Waals surface area contributed by atoms with E-state index in [1.807, 2.05) is 36.4 Å². The summed E-state index contributed by atoms with van der Waals surface area (Å²) in [5, 5.41) is 17.4. The van der Waals surface area contributed by atoms with Gasteiger partial charge in [-0.1, -0.05) is 66.7 Å². The number of amides is 6. The Balaban J connectivity index is 1.45. The molecule has 16 nitrogen and oxygen atoms in total. The first-order valence-electron chi connectivity index (χ1n) is 22.3. The minimum atomic E-state index is -1.29. The number of hydrogen-bond acceptors (Lipinski definition) is 9. The number of nitrogens with zero attached hydrogens (tertiary/aromatic N) is 4. The summed E-state index contributed by atoms with van der Waals surface area (Å²) >= 11 is 0. The van der Waals surface area contributed by atoms with Crippen LogP contribution in [0.15, 0.2) is 96.0 Å². The van der Waals surface area contributed by atoms with Gasteiger partial charge in [-0.2, -0.15) is 0 Å². The Hall–Kier alpha value is -7.04. The molecule has 0 aromatic heterocycles. The molecule has 358 valence electrons. The topological polar surface area (TPSA) is 213 Å². The third kappa shape index (κ3) is 15.8. The zero-order chi connectivity index (χ0) is 49.1. The fourth-order valence-corrected chi connectivity index (χ4v) is 7.60. The summed E-state index contributed by atoms with van der Waals surface area (Å²) in [7, 11) is 0. The first-order chi connectivity index (χ1) is 31.5. The molecule has 1 heterocycles. The van der Waals surface area contributed by atoms with Crippen LogP contribution in [0, 0.1) is 5.82 Å². The number of phenols is 1. The number of guanidine groups is 1. The summed E-state index contributed by atoms with van der Waals surface area (Å²) in [5.74, 6) is -3.07. The minimum absolute atomic E-state index is 0.0158. The summed E-state index contributed by atoms with van der Waals surface area (Å²) in [5.41, 5.74) is 6.57. The van der Waals surface area contributed by atoms with E-state index < -0.39 is 71.0 Å². The molecule has 67 heavy (non-hydrogen) atoms. The monoisotopic (exact) mass is 923 g/mol. The molecule has 0 bridgehead atoms. The molecule has 1 aliphatic rings. The molecular weight excluding hydrogens is 862 g/mol. The lowest BCUT2D eigenvalue weighted by Crippen LogP contribution is -2.63. The normalized spacial score (nSPS) is 15.4. The average molecular weight is 924 g/mol. The summed E-state index contributed by atoms with van der Waals surface area (Å²) in [6, 6.07) is 22.5. The number of aliphatic imine (C=N–C) groups is 1. The number of nitrogens with one attached hydrogen (secondary N) is 2. The van der Waals surface area contributed by atoms with E-state index in [1.54, 1.807) is 58.6 Å². The molecule has 1 fully saturated rings. The Morgan fingerprint density at radius 3 is 2.06 bits per heavy atom. The molecule has 1 saturated heterocycles. The van der Waals surface area contributed by atoms with Crippen LogP contribution in [0.3, 0.4) is 0 Å². The van der Waals surface area contributed by atoms with E-state index in [9.17, 15) is 38.3 Å². The van der Waals surface area contributed by atoms with E-state index in [1.165, 1.54) is 48.2 Å². The third-order valence-corrected chi connectivity index (χ3v) is 10.7. The van der Waals surface area contributed by atoms with Crippen molar-refractivity contribution < 1.29 is 47.7 Å². The van der Waals surface area contributed by atoms with E-state index in [0.29, 0.717) is 24.1 Å². The molecule has 1 aliphatic heterocycles. The molecule has 17 heteroatoms. The smallest absolute Gasteiger partial charge is 0.437 e. The van der Waals surface area contributed by atoms with Crippen LogP contribution in [0.1, 0.15) is 78.0 Å². The van der Waals surface area contributed by atoms with E-state index in [2.05, 4.69) is 21.7 Å². The van der Waals surface area contributed by atoms with Gasteiger partial charge in [-0.05, 0) is 113 Å². The van der Waals surface area contributed by atoms with Gasteiger partial charge in [0.25, 0.3) is 0 Å². The van der Waals surface area contributed by atoms with Crippen LogP contribution < -0.4 is 16.4 Å². The Morgan fingerprint density at radius 2 is 1.43 bits per heavy atom. The van der Waals surface area contributed by atoms with Gasteiger partial charge < -0.3 is 40.7 Å². The molecule has 5 rings (SSSR count). The Morgan fingerprint density at radius 1 is 0.836 bits per heavy atom. The fraction of sp³-hybridized carbons (Fsp3) is 0.420. The molecule has 0 aliphatic carbocycles. The molecule has 4 aromatic rings. The maximum atomic E-state index is 15.0.